The molecule has 12 rings (SSSR count). The second-order valence-electron chi connectivity index (χ2n) is 16.0. The highest BCUT2D eigenvalue weighted by atomic mass is 16.5. The minimum Gasteiger partial charge on any atom is -0.457 e. The Bertz CT molecular complexity index is 3160. The maximum Gasteiger partial charge on any atom is 0.132 e. The molecule has 61 heavy (non-hydrogen) atoms. The molecule has 0 saturated heterocycles. The van der Waals surface area contributed by atoms with Gasteiger partial charge in [-0.05, 0) is 121 Å². The van der Waals surface area contributed by atoms with Crippen molar-refractivity contribution >= 4 is 27.8 Å². The van der Waals surface area contributed by atoms with Crippen molar-refractivity contribution in [3.05, 3.63) is 259 Å². The van der Waals surface area contributed by atoms with Crippen molar-refractivity contribution in [3.8, 4) is 56.0 Å². The zero-order chi connectivity index (χ0) is 40.3. The molecule has 0 aromatic heterocycles. The molecule has 1 aliphatic carbocycles. The molecule has 0 saturated carbocycles. The Balaban J connectivity index is 0.969. The van der Waals surface area contributed by atoms with E-state index in [0.717, 1.165) is 28.6 Å². The fourth-order valence-electron chi connectivity index (χ4n) is 9.98. The normalized spacial score (nSPS) is 14.4. The van der Waals surface area contributed by atoms with Crippen LogP contribution < -0.4 is 9.64 Å². The van der Waals surface area contributed by atoms with Crippen LogP contribution in [0.1, 0.15) is 22.3 Å². The minimum atomic E-state index is -0.536. The number of rotatable bonds is 6. The lowest BCUT2D eigenvalue weighted by Crippen LogP contribution is -2.32. The van der Waals surface area contributed by atoms with Crippen LogP contribution in [0.4, 0.5) is 17.1 Å². The van der Waals surface area contributed by atoms with Gasteiger partial charge in [0.05, 0.1) is 5.41 Å². The van der Waals surface area contributed by atoms with Gasteiger partial charge < -0.3 is 9.64 Å². The molecule has 1 spiro atoms. The van der Waals surface area contributed by atoms with Gasteiger partial charge in [0, 0.05) is 28.2 Å². The maximum atomic E-state index is 6.74. The summed E-state index contributed by atoms with van der Waals surface area (Å²) in [5.41, 5.74) is 17.4. The van der Waals surface area contributed by atoms with Crippen molar-refractivity contribution in [1.82, 2.24) is 0 Å². The van der Waals surface area contributed by atoms with Gasteiger partial charge in [0.2, 0.25) is 0 Å². The summed E-state index contributed by atoms with van der Waals surface area (Å²) in [6.07, 6.45) is 0. The average molecular weight is 778 g/mol. The lowest BCUT2D eigenvalue weighted by molar-refractivity contribution is 0.438. The molecule has 2 aliphatic rings. The lowest BCUT2D eigenvalue weighted by Gasteiger charge is -2.40. The maximum absolute atomic E-state index is 6.74. The molecule has 0 bridgehead atoms. The predicted octanol–water partition coefficient (Wildman–Crippen LogP) is 15.8. The van der Waals surface area contributed by atoms with Gasteiger partial charge in [-0.1, -0.05) is 182 Å². The Morgan fingerprint density at radius 3 is 1.43 bits per heavy atom. The molecule has 10 aromatic carbocycles. The number of anilines is 3. The third-order valence-electron chi connectivity index (χ3n) is 12.7. The molecule has 0 amide bonds. The van der Waals surface area contributed by atoms with Gasteiger partial charge in [-0.15, -0.1) is 0 Å². The second kappa shape index (κ2) is 14.1. The van der Waals surface area contributed by atoms with E-state index in [-0.39, 0.29) is 0 Å². The second-order valence-corrected chi connectivity index (χ2v) is 16.0. The topological polar surface area (TPSA) is 12.5 Å². The Labute approximate surface area is 356 Å². The van der Waals surface area contributed by atoms with Gasteiger partial charge in [-0.25, -0.2) is 0 Å². The quantitative estimate of drug-likeness (QED) is 0.167. The zero-order valence-corrected chi connectivity index (χ0v) is 33.4. The standard InChI is InChI=1S/C59H39NO/c1-3-13-40(14-4-1)42-23-31-47(32-24-42)60(48-33-25-43(26-34-48)41-15-5-2-6-16-41)49-35-27-44(28-36-49)46-29-37-54-52(39-46)51-19-9-10-20-53(51)59(54)55-21-11-12-22-56(55)61-57-38-30-45-17-7-8-18-50(45)58(57)59/h1-39H. The van der Waals surface area contributed by atoms with Gasteiger partial charge >= 0.3 is 0 Å². The number of benzene rings is 10. The number of fused-ring (bicyclic) bond motifs is 11. The Morgan fingerprint density at radius 1 is 0.311 bits per heavy atom. The van der Waals surface area contributed by atoms with E-state index in [1.807, 2.05) is 0 Å². The minimum absolute atomic E-state index is 0.536. The van der Waals surface area contributed by atoms with E-state index in [2.05, 4.69) is 241 Å². The van der Waals surface area contributed by atoms with Crippen LogP contribution in [0.25, 0.3) is 55.3 Å². The first-order valence-electron chi connectivity index (χ1n) is 21.0. The molecule has 1 unspecified atom stereocenters. The largest absolute Gasteiger partial charge is 0.457 e. The molecule has 0 N–H and O–H groups in total. The molecule has 2 nitrogen and oxygen atoms in total. The first kappa shape index (κ1) is 35.0. The average Bonchev–Trinajstić information content (AvgIpc) is 3.62. The van der Waals surface area contributed by atoms with Crippen molar-refractivity contribution in [2.45, 2.75) is 5.41 Å². The Hall–Kier alpha value is -7.94. The summed E-state index contributed by atoms with van der Waals surface area (Å²) in [5, 5.41) is 2.42. The van der Waals surface area contributed by atoms with Crippen LogP contribution in [0.2, 0.25) is 0 Å². The fourth-order valence-corrected chi connectivity index (χ4v) is 9.98. The summed E-state index contributed by atoms with van der Waals surface area (Å²) < 4.78 is 6.74. The van der Waals surface area contributed by atoms with E-state index in [1.165, 1.54) is 77.5 Å². The van der Waals surface area contributed by atoms with Crippen LogP contribution in [-0.4, -0.2) is 0 Å². The van der Waals surface area contributed by atoms with Gasteiger partial charge in [0.1, 0.15) is 11.5 Å². The van der Waals surface area contributed by atoms with Crippen molar-refractivity contribution in [2.24, 2.45) is 0 Å². The zero-order valence-electron chi connectivity index (χ0n) is 33.4. The van der Waals surface area contributed by atoms with E-state index in [1.54, 1.807) is 0 Å². The van der Waals surface area contributed by atoms with E-state index in [4.69, 9.17) is 4.74 Å². The van der Waals surface area contributed by atoms with E-state index >= 15 is 0 Å². The smallest absolute Gasteiger partial charge is 0.132 e. The summed E-state index contributed by atoms with van der Waals surface area (Å²) in [5.74, 6) is 1.82. The summed E-state index contributed by atoms with van der Waals surface area (Å²) in [6.45, 7) is 0. The molecule has 2 heteroatoms. The van der Waals surface area contributed by atoms with Crippen molar-refractivity contribution in [3.63, 3.8) is 0 Å². The van der Waals surface area contributed by atoms with Crippen LogP contribution >= 0.6 is 0 Å². The van der Waals surface area contributed by atoms with E-state index < -0.39 is 5.41 Å². The SMILES string of the molecule is c1ccc(-c2ccc(N(c3ccc(-c4ccccc4)cc3)c3ccc(-c4ccc5c(c4)-c4ccccc4C54c5ccccc5Oc5ccc6ccccc6c54)cc3)cc2)cc1. The van der Waals surface area contributed by atoms with Gasteiger partial charge in [-0.3, -0.25) is 0 Å². The number of hydrogen-bond donors (Lipinski definition) is 0. The Kier molecular flexibility index (Phi) is 8.11. The Morgan fingerprint density at radius 2 is 0.787 bits per heavy atom. The summed E-state index contributed by atoms with van der Waals surface area (Å²) in [4.78, 5) is 2.35. The first-order valence-corrected chi connectivity index (χ1v) is 21.0. The van der Waals surface area contributed by atoms with Crippen molar-refractivity contribution in [1.29, 1.82) is 0 Å². The third kappa shape index (κ3) is 5.57. The molecule has 0 radical (unpaired) electrons. The molecule has 1 aliphatic heterocycles. The molecular formula is C59H39NO. The first-order chi connectivity index (χ1) is 30.2. The molecule has 1 heterocycles. The summed E-state index contributed by atoms with van der Waals surface area (Å²) in [7, 11) is 0. The van der Waals surface area contributed by atoms with Crippen LogP contribution in [0, 0.1) is 0 Å². The monoisotopic (exact) mass is 777 g/mol. The van der Waals surface area contributed by atoms with Gasteiger partial charge in [0.15, 0.2) is 0 Å². The summed E-state index contributed by atoms with van der Waals surface area (Å²) >= 11 is 0. The summed E-state index contributed by atoms with van der Waals surface area (Å²) in [6, 6.07) is 85.7. The molecular weight excluding hydrogens is 739 g/mol. The number of hydrogen-bond acceptors (Lipinski definition) is 2. The number of para-hydroxylation sites is 1. The third-order valence-corrected chi connectivity index (χ3v) is 12.7. The molecule has 286 valence electrons. The molecule has 1 atom stereocenters. The highest BCUT2D eigenvalue weighted by Crippen LogP contribution is 2.63. The van der Waals surface area contributed by atoms with Crippen LogP contribution in [0.5, 0.6) is 11.5 Å². The molecule has 0 fully saturated rings. The van der Waals surface area contributed by atoms with Crippen LogP contribution in [0.3, 0.4) is 0 Å². The van der Waals surface area contributed by atoms with Gasteiger partial charge in [0.25, 0.3) is 0 Å². The van der Waals surface area contributed by atoms with Crippen molar-refractivity contribution < 1.29 is 4.74 Å². The molecule has 10 aromatic rings. The van der Waals surface area contributed by atoms with Crippen LogP contribution in [-0.2, 0) is 5.41 Å². The lowest BCUT2D eigenvalue weighted by atomic mass is 9.65. The highest BCUT2D eigenvalue weighted by molar-refractivity contribution is 5.98. The van der Waals surface area contributed by atoms with E-state index in [0.29, 0.717) is 0 Å². The number of nitrogens with zero attached hydrogens (tertiary/aromatic N) is 1. The predicted molar refractivity (Wildman–Crippen MR) is 252 cm³/mol. The number of ether oxygens (including phenoxy) is 1. The fraction of sp³-hybridized carbons (Fsp3) is 0.0169. The van der Waals surface area contributed by atoms with Gasteiger partial charge in [-0.2, -0.15) is 0 Å². The highest BCUT2D eigenvalue weighted by Gasteiger charge is 2.51. The van der Waals surface area contributed by atoms with Crippen molar-refractivity contribution in [2.75, 3.05) is 4.90 Å². The van der Waals surface area contributed by atoms with Crippen LogP contribution in [0.15, 0.2) is 237 Å². The van der Waals surface area contributed by atoms with E-state index in [9.17, 15) is 0 Å².